The molecule has 1 fully saturated rings. The molecule has 1 saturated heterocycles. The van der Waals surface area contributed by atoms with Gasteiger partial charge >= 0.3 is 0 Å². The molecule has 0 amide bonds. The lowest BCUT2D eigenvalue weighted by molar-refractivity contribution is 0.0832. The lowest BCUT2D eigenvalue weighted by Crippen LogP contribution is -2.37. The van der Waals surface area contributed by atoms with Crippen LogP contribution in [0.25, 0.3) is 0 Å². The summed E-state index contributed by atoms with van der Waals surface area (Å²) < 4.78 is 0. The van der Waals surface area contributed by atoms with Gasteiger partial charge in [0.25, 0.3) is 0 Å². The van der Waals surface area contributed by atoms with Gasteiger partial charge in [0.15, 0.2) is 0 Å². The van der Waals surface area contributed by atoms with Gasteiger partial charge in [-0.15, -0.1) is 0 Å². The molecule has 0 aliphatic carbocycles. The number of rotatable bonds is 4. The van der Waals surface area contributed by atoms with Gasteiger partial charge in [0, 0.05) is 19.6 Å². The third kappa shape index (κ3) is 4.05. The van der Waals surface area contributed by atoms with Crippen molar-refractivity contribution in [1.29, 1.82) is 0 Å². The van der Waals surface area contributed by atoms with Crippen molar-refractivity contribution in [3.05, 3.63) is 34.9 Å². The first-order valence-electron chi connectivity index (χ1n) is 7.56. The number of aliphatic hydroxyl groups excluding tert-OH is 1. The molecule has 1 aliphatic heterocycles. The second-order valence-electron chi connectivity index (χ2n) is 6.16. The lowest BCUT2D eigenvalue weighted by Gasteiger charge is -2.29. The van der Waals surface area contributed by atoms with E-state index in [0.29, 0.717) is 5.92 Å². The Morgan fingerprint density at radius 1 is 1.26 bits per heavy atom. The Kier molecular flexibility index (Phi) is 5.00. The van der Waals surface area contributed by atoms with Crippen LogP contribution >= 0.6 is 0 Å². The first-order valence-corrected chi connectivity index (χ1v) is 7.56. The van der Waals surface area contributed by atoms with E-state index in [1.807, 2.05) is 0 Å². The first-order chi connectivity index (χ1) is 9.06. The van der Waals surface area contributed by atoms with Crippen molar-refractivity contribution in [2.24, 2.45) is 0 Å². The molecule has 0 aromatic heterocycles. The molecule has 19 heavy (non-hydrogen) atoms. The molecular formula is C17H27NO. The summed E-state index contributed by atoms with van der Waals surface area (Å²) in [7, 11) is 0. The third-order valence-corrected chi connectivity index (χ3v) is 4.29. The minimum atomic E-state index is -0.0674. The Hall–Kier alpha value is -0.860. The lowest BCUT2D eigenvalue weighted by atomic mass is 9.96. The van der Waals surface area contributed by atoms with Crippen LogP contribution in [-0.2, 0) is 6.42 Å². The van der Waals surface area contributed by atoms with E-state index < -0.39 is 0 Å². The Morgan fingerprint density at radius 3 is 2.58 bits per heavy atom. The van der Waals surface area contributed by atoms with Crippen molar-refractivity contribution < 1.29 is 5.11 Å². The van der Waals surface area contributed by atoms with Crippen LogP contribution < -0.4 is 0 Å². The SMILES string of the molecule is Cc1ccc(C(C)C)cc1CCN1CCC(O)CC1. The van der Waals surface area contributed by atoms with Gasteiger partial charge in [-0.05, 0) is 48.8 Å². The van der Waals surface area contributed by atoms with Crippen LogP contribution in [0.3, 0.4) is 0 Å². The quantitative estimate of drug-likeness (QED) is 0.900. The largest absolute Gasteiger partial charge is 0.393 e. The van der Waals surface area contributed by atoms with Crippen LogP contribution in [0.15, 0.2) is 18.2 Å². The van der Waals surface area contributed by atoms with Gasteiger partial charge in [-0.1, -0.05) is 32.0 Å². The highest BCUT2D eigenvalue weighted by atomic mass is 16.3. The van der Waals surface area contributed by atoms with Crippen molar-refractivity contribution in [1.82, 2.24) is 4.90 Å². The highest BCUT2D eigenvalue weighted by molar-refractivity contribution is 5.32. The number of hydrogen-bond acceptors (Lipinski definition) is 2. The Bertz CT molecular complexity index is 406. The average molecular weight is 261 g/mol. The predicted molar refractivity (Wildman–Crippen MR) is 80.7 cm³/mol. The minimum Gasteiger partial charge on any atom is -0.393 e. The summed E-state index contributed by atoms with van der Waals surface area (Å²) in [6.45, 7) is 9.92. The molecule has 0 saturated carbocycles. The van der Waals surface area contributed by atoms with Crippen molar-refractivity contribution >= 4 is 0 Å². The summed E-state index contributed by atoms with van der Waals surface area (Å²) in [6, 6.07) is 6.88. The summed E-state index contributed by atoms with van der Waals surface area (Å²) in [4.78, 5) is 2.48. The van der Waals surface area contributed by atoms with Crippen molar-refractivity contribution in [2.75, 3.05) is 19.6 Å². The van der Waals surface area contributed by atoms with Gasteiger partial charge < -0.3 is 10.0 Å². The molecular weight excluding hydrogens is 234 g/mol. The fraction of sp³-hybridized carbons (Fsp3) is 0.647. The van der Waals surface area contributed by atoms with Gasteiger partial charge in [-0.25, -0.2) is 0 Å². The van der Waals surface area contributed by atoms with Crippen LogP contribution in [0.5, 0.6) is 0 Å². The summed E-state index contributed by atoms with van der Waals surface area (Å²) in [5.41, 5.74) is 4.33. The zero-order valence-electron chi connectivity index (χ0n) is 12.5. The minimum absolute atomic E-state index is 0.0674. The molecule has 106 valence electrons. The molecule has 1 aliphatic rings. The third-order valence-electron chi connectivity index (χ3n) is 4.29. The highest BCUT2D eigenvalue weighted by Gasteiger charge is 2.16. The van der Waals surface area contributed by atoms with E-state index in [1.165, 1.54) is 16.7 Å². The molecule has 2 nitrogen and oxygen atoms in total. The average Bonchev–Trinajstić information content (AvgIpc) is 2.39. The van der Waals surface area contributed by atoms with Crippen molar-refractivity contribution in [2.45, 2.75) is 52.1 Å². The number of piperidine rings is 1. The summed E-state index contributed by atoms with van der Waals surface area (Å²) in [6.07, 6.45) is 2.93. The van der Waals surface area contributed by atoms with E-state index >= 15 is 0 Å². The highest BCUT2D eigenvalue weighted by Crippen LogP contribution is 2.19. The monoisotopic (exact) mass is 261 g/mol. The van der Waals surface area contributed by atoms with Gasteiger partial charge in [0.1, 0.15) is 0 Å². The topological polar surface area (TPSA) is 23.5 Å². The van der Waals surface area contributed by atoms with Crippen LogP contribution in [0.4, 0.5) is 0 Å². The number of nitrogens with zero attached hydrogens (tertiary/aromatic N) is 1. The number of hydrogen-bond donors (Lipinski definition) is 1. The van der Waals surface area contributed by atoms with E-state index in [9.17, 15) is 5.11 Å². The number of likely N-dealkylation sites (tertiary alicyclic amines) is 1. The van der Waals surface area contributed by atoms with Gasteiger partial charge in [-0.2, -0.15) is 0 Å². The van der Waals surface area contributed by atoms with E-state index in [-0.39, 0.29) is 6.10 Å². The maximum absolute atomic E-state index is 9.53. The van der Waals surface area contributed by atoms with Crippen molar-refractivity contribution in [3.63, 3.8) is 0 Å². The van der Waals surface area contributed by atoms with E-state index in [4.69, 9.17) is 0 Å². The normalized spacial score (nSPS) is 18.2. The van der Waals surface area contributed by atoms with Crippen molar-refractivity contribution in [3.8, 4) is 0 Å². The maximum Gasteiger partial charge on any atom is 0.0564 e. The summed E-state index contributed by atoms with van der Waals surface area (Å²) in [5, 5.41) is 9.53. The van der Waals surface area contributed by atoms with Gasteiger partial charge in [0.05, 0.1) is 6.10 Å². The first kappa shape index (κ1) is 14.5. The second-order valence-corrected chi connectivity index (χ2v) is 6.16. The maximum atomic E-state index is 9.53. The summed E-state index contributed by atoms with van der Waals surface area (Å²) in [5.74, 6) is 0.601. The van der Waals surface area contributed by atoms with E-state index in [0.717, 1.165) is 38.9 Å². The Labute approximate surface area is 117 Å². The molecule has 0 atom stereocenters. The zero-order chi connectivity index (χ0) is 13.8. The van der Waals surface area contributed by atoms with Crippen LogP contribution in [0.2, 0.25) is 0 Å². The summed E-state index contributed by atoms with van der Waals surface area (Å²) >= 11 is 0. The molecule has 0 spiro atoms. The molecule has 1 aromatic rings. The standard InChI is InChI=1S/C17H27NO/c1-13(2)15-5-4-14(3)16(12-15)6-9-18-10-7-17(19)8-11-18/h4-5,12-13,17,19H,6-11H2,1-3H3. The molecule has 1 heterocycles. The molecule has 0 radical (unpaired) electrons. The molecule has 0 bridgehead atoms. The van der Waals surface area contributed by atoms with Crippen LogP contribution in [0.1, 0.15) is 49.3 Å². The van der Waals surface area contributed by atoms with E-state index in [2.05, 4.69) is 43.9 Å². The fourth-order valence-corrected chi connectivity index (χ4v) is 2.74. The molecule has 1 N–H and O–H groups in total. The van der Waals surface area contributed by atoms with E-state index in [1.54, 1.807) is 0 Å². The number of benzene rings is 1. The molecule has 2 heteroatoms. The fourth-order valence-electron chi connectivity index (χ4n) is 2.74. The molecule has 1 aromatic carbocycles. The number of aliphatic hydroxyl groups is 1. The Morgan fingerprint density at radius 2 is 1.95 bits per heavy atom. The Balaban J connectivity index is 1.93. The van der Waals surface area contributed by atoms with Gasteiger partial charge in [-0.3, -0.25) is 0 Å². The molecule has 2 rings (SSSR count). The number of aryl methyl sites for hydroxylation is 1. The smallest absolute Gasteiger partial charge is 0.0564 e. The van der Waals surface area contributed by atoms with Crippen LogP contribution in [0, 0.1) is 6.92 Å². The molecule has 0 unspecified atom stereocenters. The zero-order valence-corrected chi connectivity index (χ0v) is 12.5. The second kappa shape index (κ2) is 6.53. The predicted octanol–water partition coefficient (Wildman–Crippen LogP) is 3.12. The van der Waals surface area contributed by atoms with Gasteiger partial charge in [0.2, 0.25) is 0 Å². The van der Waals surface area contributed by atoms with Crippen LogP contribution in [-0.4, -0.2) is 35.7 Å².